The van der Waals surface area contributed by atoms with Crippen molar-refractivity contribution in [1.29, 1.82) is 0 Å². The molecule has 106 valence electrons. The molecule has 2 N–H and O–H groups in total. The highest BCUT2D eigenvalue weighted by Gasteiger charge is 2.44. The van der Waals surface area contributed by atoms with E-state index in [4.69, 9.17) is 4.74 Å². The molecule has 2 saturated heterocycles. The summed E-state index contributed by atoms with van der Waals surface area (Å²) < 4.78 is 6.03. The lowest BCUT2D eigenvalue weighted by Crippen LogP contribution is -2.53. The molecule has 4 heteroatoms. The smallest absolute Gasteiger partial charge is 0.0734 e. The summed E-state index contributed by atoms with van der Waals surface area (Å²) in [6, 6.07) is 4.18. The van der Waals surface area contributed by atoms with E-state index in [0.29, 0.717) is 6.61 Å². The van der Waals surface area contributed by atoms with Crippen LogP contribution in [0.4, 0.5) is 0 Å². The van der Waals surface area contributed by atoms with Crippen LogP contribution in [0.5, 0.6) is 0 Å². The minimum Gasteiger partial charge on any atom is -0.390 e. The number of nitrogens with zero attached hydrogens (tertiary/aromatic N) is 1. The Labute approximate surface area is 114 Å². The molecule has 2 aliphatic heterocycles. The van der Waals surface area contributed by atoms with Crippen LogP contribution in [0.2, 0.25) is 0 Å². The number of rotatable bonds is 2. The number of hydrogen-bond acceptors (Lipinski definition) is 3. The number of aromatic amines is 1. The molecule has 2 aliphatic rings. The summed E-state index contributed by atoms with van der Waals surface area (Å²) in [6.07, 6.45) is 5.59. The molecule has 1 aromatic heterocycles. The first-order valence-electron chi connectivity index (χ1n) is 7.28. The average molecular weight is 264 g/mol. The van der Waals surface area contributed by atoms with Gasteiger partial charge in [0.05, 0.1) is 17.8 Å². The Hall–Kier alpha value is -0.840. The second-order valence-electron chi connectivity index (χ2n) is 6.43. The third-order valence-corrected chi connectivity index (χ3v) is 4.58. The van der Waals surface area contributed by atoms with Gasteiger partial charge in [0.25, 0.3) is 0 Å². The maximum absolute atomic E-state index is 10.3. The first-order chi connectivity index (χ1) is 9.07. The Balaban J connectivity index is 1.57. The van der Waals surface area contributed by atoms with Gasteiger partial charge in [0.1, 0.15) is 0 Å². The normalized spacial score (nSPS) is 31.7. The summed E-state index contributed by atoms with van der Waals surface area (Å²) in [5, 5.41) is 10.3. The molecule has 4 nitrogen and oxygen atoms in total. The summed E-state index contributed by atoms with van der Waals surface area (Å²) in [7, 11) is 0. The number of likely N-dealkylation sites (tertiary alicyclic amines) is 1. The zero-order valence-electron chi connectivity index (χ0n) is 11.7. The summed E-state index contributed by atoms with van der Waals surface area (Å²) in [5.41, 5.74) is 0.654. The molecule has 0 aliphatic carbocycles. The Morgan fingerprint density at radius 3 is 2.79 bits per heavy atom. The van der Waals surface area contributed by atoms with Gasteiger partial charge in [-0.25, -0.2) is 0 Å². The van der Waals surface area contributed by atoms with Crippen LogP contribution >= 0.6 is 0 Å². The topological polar surface area (TPSA) is 48.5 Å². The van der Waals surface area contributed by atoms with Crippen molar-refractivity contribution < 1.29 is 9.84 Å². The molecule has 0 bridgehead atoms. The van der Waals surface area contributed by atoms with Gasteiger partial charge in [-0.3, -0.25) is 4.90 Å². The van der Waals surface area contributed by atoms with Crippen LogP contribution in [-0.4, -0.2) is 45.9 Å². The molecule has 19 heavy (non-hydrogen) atoms. The van der Waals surface area contributed by atoms with Gasteiger partial charge in [-0.1, -0.05) is 0 Å². The Kier molecular flexibility index (Phi) is 3.41. The molecule has 1 spiro atoms. The maximum atomic E-state index is 10.3. The standard InChI is InChI=1S/C15H24N2O2/c1-14(18)6-10-19-15(12-14)4-8-17(9-5-15)11-13-3-2-7-16-13/h2-3,7,16,18H,4-6,8-12H2,1H3. The summed E-state index contributed by atoms with van der Waals surface area (Å²) in [5.74, 6) is 0. The largest absolute Gasteiger partial charge is 0.390 e. The SMILES string of the molecule is CC1(O)CCOC2(CCN(Cc3ccc[nH]3)CC2)C1. The van der Waals surface area contributed by atoms with E-state index in [2.05, 4.69) is 16.0 Å². The van der Waals surface area contributed by atoms with Crippen molar-refractivity contribution in [2.45, 2.75) is 50.4 Å². The number of hydrogen-bond donors (Lipinski definition) is 2. The molecule has 0 saturated carbocycles. The minimum absolute atomic E-state index is 0.0754. The van der Waals surface area contributed by atoms with Crippen LogP contribution in [-0.2, 0) is 11.3 Å². The van der Waals surface area contributed by atoms with Crippen LogP contribution in [0.3, 0.4) is 0 Å². The van der Waals surface area contributed by atoms with Crippen molar-refractivity contribution in [3.63, 3.8) is 0 Å². The number of H-pyrrole nitrogens is 1. The van der Waals surface area contributed by atoms with Gasteiger partial charge in [-0.05, 0) is 38.3 Å². The summed E-state index contributed by atoms with van der Waals surface area (Å²) >= 11 is 0. The van der Waals surface area contributed by atoms with Crippen LogP contribution in [0.1, 0.15) is 38.3 Å². The molecule has 1 aromatic rings. The van der Waals surface area contributed by atoms with Crippen molar-refractivity contribution in [1.82, 2.24) is 9.88 Å². The maximum Gasteiger partial charge on any atom is 0.0734 e. The summed E-state index contributed by atoms with van der Waals surface area (Å²) in [6.45, 7) is 5.73. The highest BCUT2D eigenvalue weighted by atomic mass is 16.5. The second-order valence-corrected chi connectivity index (χ2v) is 6.43. The third-order valence-electron chi connectivity index (χ3n) is 4.58. The number of piperidine rings is 1. The van der Waals surface area contributed by atoms with E-state index in [9.17, 15) is 5.11 Å². The fourth-order valence-electron chi connectivity index (χ4n) is 3.47. The van der Waals surface area contributed by atoms with E-state index >= 15 is 0 Å². The lowest BCUT2D eigenvalue weighted by Gasteiger charge is -2.48. The van der Waals surface area contributed by atoms with Crippen molar-refractivity contribution in [3.05, 3.63) is 24.0 Å². The van der Waals surface area contributed by atoms with E-state index in [1.165, 1.54) is 5.69 Å². The van der Waals surface area contributed by atoms with Crippen molar-refractivity contribution >= 4 is 0 Å². The Bertz CT molecular complexity index is 406. The van der Waals surface area contributed by atoms with Crippen molar-refractivity contribution in [3.8, 4) is 0 Å². The zero-order valence-corrected chi connectivity index (χ0v) is 11.7. The highest BCUT2D eigenvalue weighted by molar-refractivity contribution is 5.04. The number of aromatic nitrogens is 1. The zero-order chi connectivity index (χ0) is 13.3. The van der Waals surface area contributed by atoms with E-state index < -0.39 is 5.60 Å². The molecule has 3 heterocycles. The van der Waals surface area contributed by atoms with Crippen LogP contribution in [0, 0.1) is 0 Å². The lowest BCUT2D eigenvalue weighted by molar-refractivity contribution is -0.173. The van der Waals surface area contributed by atoms with E-state index in [-0.39, 0.29) is 5.60 Å². The second kappa shape index (κ2) is 4.93. The Morgan fingerprint density at radius 2 is 2.16 bits per heavy atom. The van der Waals surface area contributed by atoms with Gasteiger partial charge in [0.15, 0.2) is 0 Å². The minimum atomic E-state index is -0.542. The fourth-order valence-corrected chi connectivity index (χ4v) is 3.47. The van der Waals surface area contributed by atoms with E-state index in [0.717, 1.165) is 45.3 Å². The predicted octanol–water partition coefficient (Wildman–Crippen LogP) is 1.91. The number of aliphatic hydroxyl groups is 1. The Morgan fingerprint density at radius 1 is 1.37 bits per heavy atom. The van der Waals surface area contributed by atoms with Crippen molar-refractivity contribution in [2.24, 2.45) is 0 Å². The molecule has 0 amide bonds. The summed E-state index contributed by atoms with van der Waals surface area (Å²) in [4.78, 5) is 5.72. The van der Waals surface area contributed by atoms with Gasteiger partial charge in [0, 0.05) is 37.9 Å². The van der Waals surface area contributed by atoms with Gasteiger partial charge in [-0.15, -0.1) is 0 Å². The van der Waals surface area contributed by atoms with Gasteiger partial charge in [-0.2, -0.15) is 0 Å². The molecule has 3 rings (SSSR count). The molecule has 2 fully saturated rings. The average Bonchev–Trinajstić information content (AvgIpc) is 2.84. The number of ether oxygens (including phenoxy) is 1. The lowest BCUT2D eigenvalue weighted by atomic mass is 9.78. The van der Waals surface area contributed by atoms with Gasteiger partial charge in [0.2, 0.25) is 0 Å². The highest BCUT2D eigenvalue weighted by Crippen LogP contribution is 2.39. The molecule has 0 aromatic carbocycles. The quantitative estimate of drug-likeness (QED) is 0.858. The fraction of sp³-hybridized carbons (Fsp3) is 0.733. The molecule has 0 radical (unpaired) electrons. The molecular weight excluding hydrogens is 240 g/mol. The first kappa shape index (κ1) is 13.2. The molecule has 1 atom stereocenters. The third kappa shape index (κ3) is 3.02. The van der Waals surface area contributed by atoms with Gasteiger partial charge < -0.3 is 14.8 Å². The molecular formula is C15H24N2O2. The van der Waals surface area contributed by atoms with Crippen LogP contribution < -0.4 is 0 Å². The van der Waals surface area contributed by atoms with E-state index in [1.54, 1.807) is 0 Å². The monoisotopic (exact) mass is 264 g/mol. The van der Waals surface area contributed by atoms with E-state index in [1.807, 2.05) is 19.2 Å². The molecule has 1 unspecified atom stereocenters. The van der Waals surface area contributed by atoms with Crippen molar-refractivity contribution in [2.75, 3.05) is 19.7 Å². The van der Waals surface area contributed by atoms with Crippen LogP contribution in [0.15, 0.2) is 18.3 Å². The van der Waals surface area contributed by atoms with Crippen LogP contribution in [0.25, 0.3) is 0 Å². The predicted molar refractivity (Wildman–Crippen MR) is 73.8 cm³/mol. The first-order valence-corrected chi connectivity index (χ1v) is 7.28. The van der Waals surface area contributed by atoms with Gasteiger partial charge >= 0.3 is 0 Å². The number of nitrogens with one attached hydrogen (secondary N) is 1.